The predicted octanol–water partition coefficient (Wildman–Crippen LogP) is 2.83. The van der Waals surface area contributed by atoms with Crippen molar-refractivity contribution in [1.82, 2.24) is 4.98 Å². The topological polar surface area (TPSA) is 99.0 Å². The van der Waals surface area contributed by atoms with Gasteiger partial charge >= 0.3 is 0 Å². The minimum atomic E-state index is -0.246. The van der Waals surface area contributed by atoms with Crippen LogP contribution in [-0.4, -0.2) is 15.9 Å². The first-order valence-corrected chi connectivity index (χ1v) is 5.24. The van der Waals surface area contributed by atoms with Crippen LogP contribution in [-0.2, 0) is 11.3 Å². The van der Waals surface area contributed by atoms with Crippen LogP contribution in [0.5, 0.6) is 0 Å². The molecule has 0 atom stereocenters. The maximum absolute atomic E-state index is 11.3. The molecule has 1 rings (SSSR count). The number of aliphatic hydroxyl groups excluding tert-OH is 1. The highest BCUT2D eigenvalue weighted by Gasteiger charge is 2.14. The molecule has 0 bridgehead atoms. The fourth-order valence-corrected chi connectivity index (χ4v) is 2.13. The third kappa shape index (κ3) is 2.82. The number of aliphatic hydroxyl groups is 1. The number of Topliss-reactive ketones (excluding diaryl/α,β-unsaturated/α-hetero) is 1. The first kappa shape index (κ1) is 12.2. The zero-order valence-corrected chi connectivity index (χ0v) is 9.65. The Morgan fingerprint density at radius 3 is 2.88 bits per heavy atom. The van der Waals surface area contributed by atoms with Crippen LogP contribution in [0.25, 0.3) is 16.0 Å². The molecule has 6 nitrogen and oxygen atoms in total. The van der Waals surface area contributed by atoms with E-state index < -0.39 is 0 Å². The number of ketones is 1. The Morgan fingerprint density at radius 1 is 1.69 bits per heavy atom. The van der Waals surface area contributed by atoms with Gasteiger partial charge in [-0.25, -0.2) is 4.98 Å². The van der Waals surface area contributed by atoms with Gasteiger partial charge in [-0.3, -0.25) is 4.79 Å². The smallest absolute Gasteiger partial charge is 0.166 e. The van der Waals surface area contributed by atoms with Crippen molar-refractivity contribution in [1.29, 1.82) is 0 Å². The van der Waals surface area contributed by atoms with E-state index in [0.29, 0.717) is 5.01 Å². The van der Waals surface area contributed by atoms with Crippen molar-refractivity contribution in [2.75, 3.05) is 0 Å². The molecule has 1 aromatic rings. The summed E-state index contributed by atoms with van der Waals surface area (Å²) in [6, 6.07) is 0. The fourth-order valence-electron chi connectivity index (χ4n) is 1.16. The number of azide groups is 1. The number of carbonyl (C=O) groups is 1. The SMILES string of the molecule is CC(=O)/C(=C(\C)O)c1ncc(CN=[N+]=[N-])s1. The van der Waals surface area contributed by atoms with Gasteiger partial charge in [-0.1, -0.05) is 5.11 Å². The van der Waals surface area contributed by atoms with E-state index in [1.54, 1.807) is 0 Å². The molecule has 0 spiro atoms. The van der Waals surface area contributed by atoms with Gasteiger partial charge < -0.3 is 5.11 Å². The third-order valence-corrected chi connectivity index (χ3v) is 2.77. The predicted molar refractivity (Wildman–Crippen MR) is 60.9 cm³/mol. The van der Waals surface area contributed by atoms with Crippen molar-refractivity contribution in [2.45, 2.75) is 20.4 Å². The normalized spacial score (nSPS) is 11.6. The van der Waals surface area contributed by atoms with Gasteiger partial charge in [0, 0.05) is 16.0 Å². The van der Waals surface area contributed by atoms with Gasteiger partial charge in [0.2, 0.25) is 0 Å². The monoisotopic (exact) mass is 238 g/mol. The highest BCUT2D eigenvalue weighted by molar-refractivity contribution is 7.13. The first-order chi connectivity index (χ1) is 7.56. The Kier molecular flexibility index (Phi) is 4.04. The molecule has 0 unspecified atom stereocenters. The highest BCUT2D eigenvalue weighted by Crippen LogP contribution is 2.24. The van der Waals surface area contributed by atoms with Crippen LogP contribution in [0.3, 0.4) is 0 Å². The average molecular weight is 238 g/mol. The lowest BCUT2D eigenvalue weighted by Gasteiger charge is -1.99. The Labute approximate surface area is 95.9 Å². The van der Waals surface area contributed by atoms with Gasteiger partial charge in [0.15, 0.2) is 5.78 Å². The minimum Gasteiger partial charge on any atom is -0.512 e. The Balaban J connectivity index is 3.05. The van der Waals surface area contributed by atoms with E-state index in [-0.39, 0.29) is 23.7 Å². The van der Waals surface area contributed by atoms with Crippen molar-refractivity contribution < 1.29 is 9.90 Å². The highest BCUT2D eigenvalue weighted by atomic mass is 32.1. The Hall–Kier alpha value is -1.85. The van der Waals surface area contributed by atoms with Crippen molar-refractivity contribution in [3.05, 3.63) is 32.3 Å². The van der Waals surface area contributed by atoms with Crippen LogP contribution < -0.4 is 0 Å². The molecule has 0 fully saturated rings. The second-order valence-corrected chi connectivity index (χ2v) is 4.15. The third-order valence-electron chi connectivity index (χ3n) is 1.77. The van der Waals surface area contributed by atoms with E-state index in [2.05, 4.69) is 15.0 Å². The summed E-state index contributed by atoms with van der Waals surface area (Å²) in [4.78, 5) is 18.7. The van der Waals surface area contributed by atoms with Crippen LogP contribution >= 0.6 is 11.3 Å². The quantitative estimate of drug-likeness (QED) is 0.287. The van der Waals surface area contributed by atoms with Crippen LogP contribution in [0.2, 0.25) is 0 Å². The maximum Gasteiger partial charge on any atom is 0.166 e. The molecule has 0 aliphatic rings. The average Bonchev–Trinajstić information content (AvgIpc) is 2.62. The standard InChI is InChI=1S/C9H10N4O2S/c1-5(14)8(6(2)15)9-11-3-7(16-9)4-12-13-10/h3,14H,4H2,1-2H3/b8-5-. The van der Waals surface area contributed by atoms with Crippen molar-refractivity contribution in [3.63, 3.8) is 0 Å². The molecule has 1 N–H and O–H groups in total. The first-order valence-electron chi connectivity index (χ1n) is 4.43. The zero-order chi connectivity index (χ0) is 12.1. The van der Waals surface area contributed by atoms with E-state index in [4.69, 9.17) is 5.53 Å². The van der Waals surface area contributed by atoms with Crippen molar-refractivity contribution >= 4 is 22.7 Å². The molecule has 7 heteroatoms. The minimum absolute atomic E-state index is 0.0582. The maximum atomic E-state index is 11.3. The van der Waals surface area contributed by atoms with E-state index >= 15 is 0 Å². The summed E-state index contributed by atoms with van der Waals surface area (Å²) in [7, 11) is 0. The van der Waals surface area contributed by atoms with Crippen LogP contribution in [0.1, 0.15) is 23.7 Å². The van der Waals surface area contributed by atoms with E-state index in [1.165, 1.54) is 31.4 Å². The molecule has 0 radical (unpaired) electrons. The van der Waals surface area contributed by atoms with E-state index in [1.807, 2.05) is 0 Å². The van der Waals surface area contributed by atoms with Crippen molar-refractivity contribution in [2.24, 2.45) is 5.11 Å². The van der Waals surface area contributed by atoms with Crippen molar-refractivity contribution in [3.8, 4) is 0 Å². The van der Waals surface area contributed by atoms with E-state index in [0.717, 1.165) is 4.88 Å². The molecule has 0 aliphatic carbocycles. The van der Waals surface area contributed by atoms with Crippen LogP contribution in [0.4, 0.5) is 0 Å². The Bertz CT molecular complexity index is 481. The molecule has 16 heavy (non-hydrogen) atoms. The van der Waals surface area contributed by atoms with Gasteiger partial charge in [-0.15, -0.1) is 11.3 Å². The summed E-state index contributed by atoms with van der Waals surface area (Å²) in [6.07, 6.45) is 1.53. The molecule has 1 heterocycles. The molecule has 84 valence electrons. The summed E-state index contributed by atoms with van der Waals surface area (Å²) < 4.78 is 0. The number of hydrogen-bond donors (Lipinski definition) is 1. The second kappa shape index (κ2) is 5.29. The van der Waals surface area contributed by atoms with Gasteiger partial charge in [0.1, 0.15) is 10.8 Å². The Morgan fingerprint density at radius 2 is 2.38 bits per heavy atom. The number of rotatable bonds is 4. The molecular formula is C9H10N4O2S. The number of thiazole rings is 1. The number of hydrogen-bond acceptors (Lipinski definition) is 5. The number of carbonyl (C=O) groups excluding carboxylic acids is 1. The summed E-state index contributed by atoms with van der Waals surface area (Å²) in [5, 5.41) is 13.2. The number of nitrogens with zero attached hydrogens (tertiary/aromatic N) is 4. The fraction of sp³-hybridized carbons (Fsp3) is 0.333. The summed E-state index contributed by atoms with van der Waals surface area (Å²) in [5.41, 5.74) is 8.36. The molecule has 0 saturated carbocycles. The lowest BCUT2D eigenvalue weighted by Crippen LogP contribution is -1.98. The number of allylic oxidation sites excluding steroid dienone is 2. The largest absolute Gasteiger partial charge is 0.512 e. The molecule has 0 saturated heterocycles. The molecule has 0 aromatic carbocycles. The summed E-state index contributed by atoms with van der Waals surface area (Å²) in [6.45, 7) is 3.00. The molecule has 1 aromatic heterocycles. The second-order valence-electron chi connectivity index (χ2n) is 3.04. The molecule has 0 aliphatic heterocycles. The summed E-state index contributed by atoms with van der Waals surface area (Å²) >= 11 is 1.22. The number of aromatic nitrogens is 1. The lowest BCUT2D eigenvalue weighted by molar-refractivity contribution is -0.111. The van der Waals surface area contributed by atoms with Gasteiger partial charge in [0.25, 0.3) is 0 Å². The molecular weight excluding hydrogens is 228 g/mol. The van der Waals surface area contributed by atoms with E-state index in [9.17, 15) is 9.90 Å². The van der Waals surface area contributed by atoms with Crippen LogP contribution in [0.15, 0.2) is 17.1 Å². The van der Waals surface area contributed by atoms with Gasteiger partial charge in [0.05, 0.1) is 12.1 Å². The van der Waals surface area contributed by atoms with Crippen LogP contribution in [0, 0.1) is 0 Å². The summed E-state index contributed by atoms with van der Waals surface area (Å²) in [5.74, 6) is -0.304. The van der Waals surface area contributed by atoms with Gasteiger partial charge in [-0.05, 0) is 19.4 Å². The molecule has 0 amide bonds. The van der Waals surface area contributed by atoms with Gasteiger partial charge in [-0.2, -0.15) is 0 Å². The zero-order valence-electron chi connectivity index (χ0n) is 8.84. The lowest BCUT2D eigenvalue weighted by atomic mass is 10.2.